The van der Waals surface area contributed by atoms with E-state index in [1.54, 1.807) is 11.8 Å². The largest absolute Gasteiger partial charge is 0.489 e. The van der Waals surface area contributed by atoms with Crippen molar-refractivity contribution >= 4 is 60.7 Å². The Morgan fingerprint density at radius 3 is 2.67 bits per heavy atom. The maximum atomic E-state index is 17.5. The van der Waals surface area contributed by atoms with Gasteiger partial charge in [0.1, 0.15) is 47.6 Å². The number of hydrogen-bond donors (Lipinski definition) is 3. The van der Waals surface area contributed by atoms with E-state index in [1.165, 1.54) is 12.1 Å². The van der Waals surface area contributed by atoms with Gasteiger partial charge in [0.2, 0.25) is 5.91 Å². The number of fused-ring (bicyclic) bond motifs is 2. The Labute approximate surface area is 337 Å². The van der Waals surface area contributed by atoms with Gasteiger partial charge in [0.25, 0.3) is 0 Å². The van der Waals surface area contributed by atoms with Crippen molar-refractivity contribution in [3.63, 3.8) is 0 Å². The SMILES string of the molecule is CC(O)C1COc2c(Cl)c(-c3ccc(F)c4sc(N)c(C#N)c34)c(F)c3nc(OC[C@@]45CCCN4C[C@H](F)C5)nc(c23)N1CC1CCN(C(=O)[C@@H](N)C(C)C)CC1. The van der Waals surface area contributed by atoms with Crippen LogP contribution in [0.4, 0.5) is 24.0 Å². The molecule has 3 saturated heterocycles. The number of piperidine rings is 1. The molecule has 4 aliphatic heterocycles. The van der Waals surface area contributed by atoms with Crippen molar-refractivity contribution in [1.29, 1.82) is 5.26 Å². The number of amides is 1. The highest BCUT2D eigenvalue weighted by Gasteiger charge is 2.49. The topological polar surface area (TPSA) is 167 Å². The molecule has 3 fully saturated rings. The molecule has 5 N–H and O–H groups in total. The van der Waals surface area contributed by atoms with Gasteiger partial charge in [0.05, 0.1) is 44.4 Å². The molecule has 1 amide bonds. The molecule has 12 nitrogen and oxygen atoms in total. The number of aliphatic hydroxyl groups is 1. The third kappa shape index (κ3) is 6.78. The van der Waals surface area contributed by atoms with Crippen LogP contribution in [0.3, 0.4) is 0 Å². The van der Waals surface area contributed by atoms with E-state index in [0.29, 0.717) is 45.4 Å². The molecule has 57 heavy (non-hydrogen) atoms. The smallest absolute Gasteiger partial charge is 0.319 e. The highest BCUT2D eigenvalue weighted by molar-refractivity contribution is 7.23. The highest BCUT2D eigenvalue weighted by atomic mass is 35.5. The Bertz CT molecular complexity index is 2280. The quantitative estimate of drug-likeness (QED) is 0.181. The van der Waals surface area contributed by atoms with Crippen molar-refractivity contribution < 1.29 is 32.5 Å². The molecule has 17 heteroatoms. The van der Waals surface area contributed by atoms with Crippen molar-refractivity contribution in [2.24, 2.45) is 17.6 Å². The molecule has 0 aliphatic carbocycles. The summed E-state index contributed by atoms with van der Waals surface area (Å²) in [5, 5.41) is 21.5. The summed E-state index contributed by atoms with van der Waals surface area (Å²) < 4.78 is 60.3. The average molecular weight is 827 g/mol. The van der Waals surface area contributed by atoms with Crippen LogP contribution in [-0.4, -0.2) is 107 Å². The van der Waals surface area contributed by atoms with Crippen LogP contribution in [0.1, 0.15) is 58.4 Å². The molecule has 4 aromatic rings. The van der Waals surface area contributed by atoms with Gasteiger partial charge in [-0.25, -0.2) is 13.2 Å². The number of hydrogen-bond acceptors (Lipinski definition) is 12. The highest BCUT2D eigenvalue weighted by Crippen LogP contribution is 2.51. The molecule has 0 radical (unpaired) electrons. The van der Waals surface area contributed by atoms with Gasteiger partial charge in [-0.15, -0.1) is 11.3 Å². The Morgan fingerprint density at radius 1 is 1.21 bits per heavy atom. The first-order chi connectivity index (χ1) is 27.2. The first-order valence-electron chi connectivity index (χ1n) is 19.5. The molecule has 304 valence electrons. The summed E-state index contributed by atoms with van der Waals surface area (Å²) in [6, 6.07) is 3.11. The number of aromatic nitrogens is 2. The number of nitrogen functional groups attached to an aromatic ring is 1. The third-order valence-electron chi connectivity index (χ3n) is 12.4. The second-order valence-corrected chi connectivity index (χ2v) is 17.7. The number of carbonyl (C=O) groups excluding carboxylic acids is 1. The van der Waals surface area contributed by atoms with Gasteiger partial charge < -0.3 is 35.8 Å². The molecule has 0 spiro atoms. The molecule has 4 aliphatic rings. The van der Waals surface area contributed by atoms with Crippen LogP contribution >= 0.6 is 22.9 Å². The van der Waals surface area contributed by atoms with Crippen molar-refractivity contribution in [3.05, 3.63) is 34.4 Å². The number of nitrogens with zero attached hydrogens (tertiary/aromatic N) is 6. The van der Waals surface area contributed by atoms with Crippen LogP contribution < -0.4 is 25.8 Å². The van der Waals surface area contributed by atoms with Crippen molar-refractivity contribution in [1.82, 2.24) is 19.8 Å². The minimum Gasteiger partial charge on any atom is -0.489 e. The van der Waals surface area contributed by atoms with Gasteiger partial charge in [-0.2, -0.15) is 15.2 Å². The summed E-state index contributed by atoms with van der Waals surface area (Å²) in [7, 11) is 0. The van der Waals surface area contributed by atoms with Crippen molar-refractivity contribution in [2.75, 3.05) is 56.6 Å². The number of thiophene rings is 1. The number of benzene rings is 2. The number of halogens is 4. The van der Waals surface area contributed by atoms with E-state index < -0.39 is 41.5 Å². The van der Waals surface area contributed by atoms with Gasteiger partial charge in [-0.1, -0.05) is 31.5 Å². The second kappa shape index (κ2) is 15.2. The molecule has 8 rings (SSSR count). The van der Waals surface area contributed by atoms with Crippen LogP contribution in [0.15, 0.2) is 12.1 Å². The first kappa shape index (κ1) is 39.7. The van der Waals surface area contributed by atoms with Crippen molar-refractivity contribution in [3.8, 4) is 29.0 Å². The normalized spacial score (nSPS) is 23.8. The van der Waals surface area contributed by atoms with E-state index in [0.717, 1.165) is 30.7 Å². The van der Waals surface area contributed by atoms with Crippen molar-refractivity contribution in [2.45, 2.75) is 82.8 Å². The number of aliphatic hydroxyl groups excluding tert-OH is 1. The molecule has 5 atom stereocenters. The van der Waals surface area contributed by atoms with E-state index >= 15 is 8.78 Å². The maximum absolute atomic E-state index is 17.5. The van der Waals surface area contributed by atoms with Gasteiger partial charge in [-0.05, 0) is 62.6 Å². The average Bonchev–Trinajstić information content (AvgIpc) is 3.80. The summed E-state index contributed by atoms with van der Waals surface area (Å²) in [6.45, 7) is 7.89. The summed E-state index contributed by atoms with van der Waals surface area (Å²) >= 11 is 8.02. The predicted octanol–water partition coefficient (Wildman–Crippen LogP) is 6.02. The zero-order chi connectivity index (χ0) is 40.5. The lowest BCUT2D eigenvalue weighted by Gasteiger charge is -2.39. The molecule has 2 aromatic heterocycles. The Morgan fingerprint density at radius 2 is 1.96 bits per heavy atom. The molecule has 6 heterocycles. The van der Waals surface area contributed by atoms with E-state index in [-0.39, 0.29) is 96.2 Å². The molecule has 2 aromatic carbocycles. The van der Waals surface area contributed by atoms with Crippen LogP contribution in [0.2, 0.25) is 5.02 Å². The van der Waals surface area contributed by atoms with Gasteiger partial charge in [0, 0.05) is 43.5 Å². The predicted molar refractivity (Wildman–Crippen MR) is 213 cm³/mol. The lowest BCUT2D eigenvalue weighted by molar-refractivity contribution is -0.134. The number of anilines is 2. The standard InChI is InChI=1S/C40H46ClF3N8O4S/c1-19(2)32(46)38(54)50-11-7-21(8-12-50)15-52-26(20(3)53)17-55-34-29-33(48-39(49-37(29)52)56-18-40-9-4-10-51(40)16-22(42)13-40)31(44)28(30(34)41)23-5-6-25(43)35-27(23)24(14-45)36(47)57-35/h5-6,19-22,26,32,53H,4,7-13,15-18,46-47H2,1-3H3/t20?,22-,26?,32+,40+/m1/s1. The third-order valence-corrected chi connectivity index (χ3v) is 13.8. The minimum atomic E-state index is -1.000. The number of nitrogens with two attached hydrogens (primary N) is 2. The zero-order valence-corrected chi connectivity index (χ0v) is 33.6. The fourth-order valence-corrected chi connectivity index (χ4v) is 10.5. The van der Waals surface area contributed by atoms with Gasteiger partial charge >= 0.3 is 6.01 Å². The molecular weight excluding hydrogens is 781 g/mol. The number of nitriles is 1. The van der Waals surface area contributed by atoms with Gasteiger partial charge in [-0.3, -0.25) is 9.69 Å². The number of carbonyl (C=O) groups is 1. The Balaban J connectivity index is 1.26. The van der Waals surface area contributed by atoms with E-state index in [9.17, 15) is 19.6 Å². The summed E-state index contributed by atoms with van der Waals surface area (Å²) in [5.74, 6) is -1.28. The van der Waals surface area contributed by atoms with Crippen LogP contribution in [0, 0.1) is 34.8 Å². The van der Waals surface area contributed by atoms with E-state index in [1.807, 2.05) is 24.8 Å². The van der Waals surface area contributed by atoms with Crippen LogP contribution in [0.5, 0.6) is 11.8 Å². The number of rotatable bonds is 9. The van der Waals surface area contributed by atoms with Crippen LogP contribution in [0.25, 0.3) is 32.1 Å². The van der Waals surface area contributed by atoms with E-state index in [2.05, 4.69) is 9.88 Å². The lowest BCUT2D eigenvalue weighted by Crippen LogP contribution is -2.52. The summed E-state index contributed by atoms with van der Waals surface area (Å²) in [4.78, 5) is 28.4. The summed E-state index contributed by atoms with van der Waals surface area (Å²) in [5.41, 5.74) is 11.5. The van der Waals surface area contributed by atoms with Crippen LogP contribution in [-0.2, 0) is 4.79 Å². The monoisotopic (exact) mass is 826 g/mol. The van der Waals surface area contributed by atoms with Gasteiger partial charge in [0.15, 0.2) is 11.6 Å². The number of alkyl halides is 1. The molecule has 0 bridgehead atoms. The fourth-order valence-electron chi connectivity index (χ4n) is 9.18. The molecular formula is C40H46ClF3N8O4S. The summed E-state index contributed by atoms with van der Waals surface area (Å²) in [6.07, 6.45) is 1.24. The lowest BCUT2D eigenvalue weighted by atomic mass is 9.93. The Hall–Kier alpha value is -4.14. The fraction of sp³-hybridized carbons (Fsp3) is 0.550. The maximum Gasteiger partial charge on any atom is 0.319 e. The molecule has 2 unspecified atom stereocenters. The van der Waals surface area contributed by atoms with E-state index in [4.69, 9.17) is 37.5 Å². The Kier molecular flexibility index (Phi) is 10.6. The first-order valence-corrected chi connectivity index (χ1v) is 20.7. The molecule has 0 saturated carbocycles. The zero-order valence-electron chi connectivity index (χ0n) is 32.0. The number of likely N-dealkylation sites (tertiary alicyclic amines) is 1. The number of ether oxygens (including phenoxy) is 2. The minimum absolute atomic E-state index is 0.00205. The second-order valence-electron chi connectivity index (χ2n) is 16.3.